The van der Waals surface area contributed by atoms with Crippen LogP contribution < -0.4 is 0 Å². The van der Waals surface area contributed by atoms with Crippen molar-refractivity contribution in [1.29, 1.82) is 0 Å². The van der Waals surface area contributed by atoms with Crippen LogP contribution >= 0.6 is 0 Å². The van der Waals surface area contributed by atoms with Gasteiger partial charge in [0.2, 0.25) is 5.91 Å². The van der Waals surface area contributed by atoms with Gasteiger partial charge < -0.3 is 4.90 Å². The molecule has 0 aromatic heterocycles. The molecule has 0 heterocycles. The summed E-state index contributed by atoms with van der Waals surface area (Å²) in [6, 6.07) is 9.77. The van der Waals surface area contributed by atoms with E-state index in [2.05, 4.69) is 0 Å². The van der Waals surface area contributed by atoms with Gasteiger partial charge in [-0.1, -0.05) is 36.8 Å². The van der Waals surface area contributed by atoms with Gasteiger partial charge in [-0.3, -0.25) is 9.59 Å². The zero-order valence-corrected chi connectivity index (χ0v) is 11.6. The summed E-state index contributed by atoms with van der Waals surface area (Å²) >= 11 is 0. The van der Waals surface area contributed by atoms with E-state index >= 15 is 0 Å². The third kappa shape index (κ3) is 3.03. The van der Waals surface area contributed by atoms with Crippen LogP contribution in [0.2, 0.25) is 0 Å². The Morgan fingerprint density at radius 2 is 1.95 bits per heavy atom. The summed E-state index contributed by atoms with van der Waals surface area (Å²) < 4.78 is 0. The van der Waals surface area contributed by atoms with E-state index in [-0.39, 0.29) is 17.9 Å². The van der Waals surface area contributed by atoms with Crippen LogP contribution in [-0.4, -0.2) is 23.6 Å². The molecular formula is C16H21NO2. The van der Waals surface area contributed by atoms with Crippen molar-refractivity contribution < 1.29 is 9.59 Å². The van der Waals surface area contributed by atoms with E-state index in [1.165, 1.54) is 0 Å². The number of nitrogens with zero attached hydrogens (tertiary/aromatic N) is 1. The summed E-state index contributed by atoms with van der Waals surface area (Å²) in [6.07, 6.45) is 3.60. The van der Waals surface area contributed by atoms with Gasteiger partial charge in [0.25, 0.3) is 0 Å². The van der Waals surface area contributed by atoms with Crippen LogP contribution in [0, 0.1) is 5.92 Å². The minimum Gasteiger partial charge on any atom is -0.338 e. The second-order valence-electron chi connectivity index (χ2n) is 5.30. The molecule has 0 saturated heterocycles. The summed E-state index contributed by atoms with van der Waals surface area (Å²) in [7, 11) is 1.79. The van der Waals surface area contributed by atoms with E-state index in [0.29, 0.717) is 12.2 Å². The number of carbonyl (C=O) groups is 2. The molecular weight excluding hydrogens is 238 g/mol. The Bertz CT molecular complexity index is 455. The fourth-order valence-electron chi connectivity index (χ4n) is 2.92. The van der Waals surface area contributed by atoms with Crippen molar-refractivity contribution in [2.24, 2.45) is 5.92 Å². The third-order valence-electron chi connectivity index (χ3n) is 4.04. The first-order chi connectivity index (χ1) is 9.11. The van der Waals surface area contributed by atoms with Crippen molar-refractivity contribution in [3.05, 3.63) is 35.9 Å². The molecule has 1 aliphatic rings. The fraction of sp³-hybridized carbons (Fsp3) is 0.500. The van der Waals surface area contributed by atoms with Crippen molar-refractivity contribution in [1.82, 2.24) is 4.90 Å². The number of Topliss-reactive ketones (excluding diaryl/α,β-unsaturated/α-hetero) is 1. The van der Waals surface area contributed by atoms with Crippen molar-refractivity contribution in [3.63, 3.8) is 0 Å². The van der Waals surface area contributed by atoms with Crippen molar-refractivity contribution in [2.45, 2.75) is 38.6 Å². The molecule has 1 fully saturated rings. The molecule has 1 aromatic carbocycles. The number of ketones is 1. The lowest BCUT2D eigenvalue weighted by Crippen LogP contribution is -2.38. The molecule has 1 amide bonds. The maximum absolute atomic E-state index is 12.2. The fourth-order valence-corrected chi connectivity index (χ4v) is 2.92. The van der Waals surface area contributed by atoms with E-state index in [0.717, 1.165) is 24.8 Å². The van der Waals surface area contributed by atoms with Gasteiger partial charge in [0.05, 0.1) is 6.04 Å². The van der Waals surface area contributed by atoms with Crippen molar-refractivity contribution >= 4 is 11.7 Å². The molecule has 3 nitrogen and oxygen atoms in total. The summed E-state index contributed by atoms with van der Waals surface area (Å²) in [4.78, 5) is 25.6. The summed E-state index contributed by atoms with van der Waals surface area (Å²) in [5.74, 6) is 0.255. The minimum atomic E-state index is -0.119. The highest BCUT2D eigenvalue weighted by Gasteiger charge is 2.34. The average Bonchev–Trinajstić information content (AvgIpc) is 2.42. The molecule has 0 radical (unpaired) electrons. The Morgan fingerprint density at radius 3 is 2.53 bits per heavy atom. The second-order valence-corrected chi connectivity index (χ2v) is 5.30. The lowest BCUT2D eigenvalue weighted by molar-refractivity contribution is -0.134. The third-order valence-corrected chi connectivity index (χ3v) is 4.04. The molecule has 0 spiro atoms. The van der Waals surface area contributed by atoms with Gasteiger partial charge in [0.15, 0.2) is 0 Å². The molecule has 1 aromatic rings. The average molecular weight is 259 g/mol. The Kier molecular flexibility index (Phi) is 4.35. The van der Waals surface area contributed by atoms with E-state index in [9.17, 15) is 9.59 Å². The van der Waals surface area contributed by atoms with Crippen LogP contribution in [0.4, 0.5) is 0 Å². The van der Waals surface area contributed by atoms with Crippen LogP contribution in [0.5, 0.6) is 0 Å². The number of carbonyl (C=O) groups excluding carboxylic acids is 2. The van der Waals surface area contributed by atoms with Gasteiger partial charge in [-0.2, -0.15) is 0 Å². The monoisotopic (exact) mass is 259 g/mol. The summed E-state index contributed by atoms with van der Waals surface area (Å²) in [6.45, 7) is 1.56. The first kappa shape index (κ1) is 13.8. The Labute approximate surface area is 114 Å². The molecule has 2 atom stereocenters. The topological polar surface area (TPSA) is 37.4 Å². The highest BCUT2D eigenvalue weighted by Crippen LogP contribution is 2.35. The molecule has 2 rings (SSSR count). The number of benzene rings is 1. The van der Waals surface area contributed by atoms with E-state index < -0.39 is 0 Å². The largest absolute Gasteiger partial charge is 0.338 e. The van der Waals surface area contributed by atoms with Gasteiger partial charge in [-0.25, -0.2) is 0 Å². The van der Waals surface area contributed by atoms with Crippen molar-refractivity contribution in [2.75, 3.05) is 7.05 Å². The van der Waals surface area contributed by atoms with Gasteiger partial charge in [0.1, 0.15) is 5.78 Å². The predicted molar refractivity (Wildman–Crippen MR) is 74.6 cm³/mol. The molecule has 1 saturated carbocycles. The van der Waals surface area contributed by atoms with Gasteiger partial charge in [-0.15, -0.1) is 0 Å². The van der Waals surface area contributed by atoms with E-state index in [1.54, 1.807) is 18.9 Å². The highest BCUT2D eigenvalue weighted by atomic mass is 16.2. The number of hydrogen-bond donors (Lipinski definition) is 0. The SMILES string of the molecule is CC(=O)N(C)C(c1ccccc1)C1CCCCC1=O. The molecule has 19 heavy (non-hydrogen) atoms. The summed E-state index contributed by atoms with van der Waals surface area (Å²) in [5.41, 5.74) is 1.06. The smallest absolute Gasteiger partial charge is 0.219 e. The van der Waals surface area contributed by atoms with Crippen LogP contribution in [0.15, 0.2) is 30.3 Å². The standard InChI is InChI=1S/C16H21NO2/c1-12(18)17(2)16(13-8-4-3-5-9-13)14-10-6-7-11-15(14)19/h3-5,8-9,14,16H,6-7,10-11H2,1-2H3. The van der Waals surface area contributed by atoms with E-state index in [4.69, 9.17) is 0 Å². The second kappa shape index (κ2) is 6.00. The molecule has 3 heteroatoms. The molecule has 1 aliphatic carbocycles. The van der Waals surface area contributed by atoms with Crippen LogP contribution in [0.3, 0.4) is 0 Å². The first-order valence-electron chi connectivity index (χ1n) is 6.92. The molecule has 2 unspecified atom stereocenters. The van der Waals surface area contributed by atoms with E-state index in [1.807, 2.05) is 30.3 Å². The number of hydrogen-bond acceptors (Lipinski definition) is 2. The van der Waals surface area contributed by atoms with Gasteiger partial charge in [0, 0.05) is 26.3 Å². The van der Waals surface area contributed by atoms with Crippen molar-refractivity contribution in [3.8, 4) is 0 Å². The van der Waals surface area contributed by atoms with Crippen LogP contribution in [0.1, 0.15) is 44.2 Å². The highest BCUT2D eigenvalue weighted by molar-refractivity contribution is 5.83. The quantitative estimate of drug-likeness (QED) is 0.837. The Hall–Kier alpha value is -1.64. The van der Waals surface area contributed by atoms with Gasteiger partial charge >= 0.3 is 0 Å². The Balaban J connectivity index is 2.34. The van der Waals surface area contributed by atoms with Crippen LogP contribution in [0.25, 0.3) is 0 Å². The maximum Gasteiger partial charge on any atom is 0.219 e. The van der Waals surface area contributed by atoms with Gasteiger partial charge in [-0.05, 0) is 18.4 Å². The van der Waals surface area contributed by atoms with Crippen LogP contribution in [-0.2, 0) is 9.59 Å². The lowest BCUT2D eigenvalue weighted by Gasteiger charge is -2.35. The summed E-state index contributed by atoms with van der Waals surface area (Å²) in [5, 5.41) is 0. The molecule has 0 bridgehead atoms. The first-order valence-corrected chi connectivity index (χ1v) is 6.92. The minimum absolute atomic E-state index is 0.00669. The molecule has 0 aliphatic heterocycles. The molecule has 0 N–H and O–H groups in total. The number of rotatable bonds is 3. The molecule has 102 valence electrons. The maximum atomic E-state index is 12.2. The zero-order valence-electron chi connectivity index (χ0n) is 11.6. The predicted octanol–water partition coefficient (Wildman–Crippen LogP) is 2.97. The number of amides is 1. The lowest BCUT2D eigenvalue weighted by atomic mass is 9.79. The zero-order chi connectivity index (χ0) is 13.8. The Morgan fingerprint density at radius 1 is 1.26 bits per heavy atom. The normalized spacial score (nSPS) is 20.9.